The minimum absolute atomic E-state index is 0.0361. The zero-order chi connectivity index (χ0) is 15.5. The third-order valence-electron chi connectivity index (χ3n) is 4.55. The summed E-state index contributed by atoms with van der Waals surface area (Å²) in [5.41, 5.74) is 2.42. The summed E-state index contributed by atoms with van der Waals surface area (Å²) in [6.07, 6.45) is 5.29. The Labute approximate surface area is 135 Å². The number of pyridine rings is 1. The van der Waals surface area contributed by atoms with Crippen molar-refractivity contribution in [2.24, 2.45) is 0 Å². The van der Waals surface area contributed by atoms with E-state index in [1.165, 1.54) is 11.1 Å². The van der Waals surface area contributed by atoms with Gasteiger partial charge in [-0.15, -0.1) is 0 Å². The largest absolute Gasteiger partial charge is 0.329 e. The van der Waals surface area contributed by atoms with E-state index < -0.39 is 0 Å². The zero-order valence-electron chi connectivity index (χ0n) is 12.7. The number of halogens is 1. The van der Waals surface area contributed by atoms with Crippen molar-refractivity contribution in [1.82, 2.24) is 10.3 Å². The molecule has 1 fully saturated rings. The summed E-state index contributed by atoms with van der Waals surface area (Å²) in [5, 5.41) is 4.48. The Morgan fingerprint density at radius 2 is 2.14 bits per heavy atom. The number of hydrogen-bond donors (Lipinski definition) is 2. The van der Waals surface area contributed by atoms with E-state index in [0.29, 0.717) is 12.0 Å². The average Bonchev–Trinajstić information content (AvgIpc) is 2.96. The second kappa shape index (κ2) is 6.67. The second-order valence-electron chi connectivity index (χ2n) is 6.14. The van der Waals surface area contributed by atoms with Gasteiger partial charge in [0.1, 0.15) is 0 Å². The van der Waals surface area contributed by atoms with Gasteiger partial charge in [0.25, 0.3) is 0 Å². The molecular weight excluding hydrogens is 296 g/mol. The lowest BCUT2D eigenvalue weighted by molar-refractivity contribution is 0.457. The molecule has 116 valence electrons. The quantitative estimate of drug-likeness (QED) is 0.895. The van der Waals surface area contributed by atoms with E-state index >= 15 is 0 Å². The maximum atomic E-state index is 11.2. The van der Waals surface area contributed by atoms with E-state index in [0.717, 1.165) is 24.3 Å². The summed E-state index contributed by atoms with van der Waals surface area (Å²) in [6.45, 7) is 2.18. The van der Waals surface area contributed by atoms with Crippen LogP contribution in [0.3, 0.4) is 0 Å². The van der Waals surface area contributed by atoms with Crippen LogP contribution in [0.5, 0.6) is 0 Å². The highest BCUT2D eigenvalue weighted by Crippen LogP contribution is 2.35. The maximum absolute atomic E-state index is 11.2. The van der Waals surface area contributed by atoms with Gasteiger partial charge < -0.3 is 10.3 Å². The van der Waals surface area contributed by atoms with Gasteiger partial charge in [-0.25, -0.2) is 0 Å². The monoisotopic (exact) mass is 316 g/mol. The zero-order valence-corrected chi connectivity index (χ0v) is 13.4. The highest BCUT2D eigenvalue weighted by molar-refractivity contribution is 6.30. The molecule has 4 heteroatoms. The van der Waals surface area contributed by atoms with Crippen molar-refractivity contribution in [1.29, 1.82) is 0 Å². The maximum Gasteiger partial charge on any atom is 0.247 e. The summed E-state index contributed by atoms with van der Waals surface area (Å²) < 4.78 is 0. The molecule has 0 amide bonds. The number of H-pyrrole nitrogens is 1. The standard InChI is InChI=1S/C18H21ClN2O/c1-12(13-3-2-4-16(19)9-13)21-17-7-5-14(10-17)15-6-8-18(22)20-11-15/h2-4,6,8-9,11-12,14,17,21H,5,7,10H2,1H3,(H,20,22)/t12-,14?,17+/m1/s1. The molecule has 0 saturated heterocycles. The molecule has 1 aliphatic carbocycles. The first-order chi connectivity index (χ1) is 10.6. The smallest absolute Gasteiger partial charge is 0.247 e. The summed E-state index contributed by atoms with van der Waals surface area (Å²) >= 11 is 6.06. The van der Waals surface area contributed by atoms with Crippen molar-refractivity contribution >= 4 is 11.6 Å². The molecule has 0 aliphatic heterocycles. The molecule has 22 heavy (non-hydrogen) atoms. The van der Waals surface area contributed by atoms with Crippen molar-refractivity contribution in [2.75, 3.05) is 0 Å². The number of hydrogen-bond acceptors (Lipinski definition) is 2. The fourth-order valence-electron chi connectivity index (χ4n) is 3.34. The van der Waals surface area contributed by atoms with Gasteiger partial charge in [-0.3, -0.25) is 4.79 Å². The van der Waals surface area contributed by atoms with Crippen LogP contribution in [0.2, 0.25) is 5.02 Å². The SMILES string of the molecule is C[C@@H](N[C@H]1CCC(c2ccc(=O)[nH]c2)C1)c1cccc(Cl)c1. The van der Waals surface area contributed by atoms with E-state index in [4.69, 9.17) is 11.6 Å². The predicted octanol–water partition coefficient (Wildman–Crippen LogP) is 4.02. The lowest BCUT2D eigenvalue weighted by atomic mass is 9.99. The van der Waals surface area contributed by atoms with Crippen LogP contribution in [0.1, 0.15) is 49.3 Å². The molecule has 1 heterocycles. The Bertz CT molecular complexity index is 677. The molecule has 1 saturated carbocycles. The Morgan fingerprint density at radius 3 is 2.86 bits per heavy atom. The van der Waals surface area contributed by atoms with Gasteiger partial charge in [0.15, 0.2) is 0 Å². The summed E-state index contributed by atoms with van der Waals surface area (Å²) in [6, 6.07) is 12.4. The molecule has 0 radical (unpaired) electrons. The van der Waals surface area contributed by atoms with Crippen LogP contribution >= 0.6 is 11.6 Å². The van der Waals surface area contributed by atoms with Gasteiger partial charge in [-0.1, -0.05) is 29.8 Å². The summed E-state index contributed by atoms with van der Waals surface area (Å²) in [4.78, 5) is 13.9. The molecule has 2 aromatic rings. The van der Waals surface area contributed by atoms with Crippen molar-refractivity contribution in [3.05, 3.63) is 69.1 Å². The van der Waals surface area contributed by atoms with E-state index in [1.807, 2.05) is 30.5 Å². The van der Waals surface area contributed by atoms with Gasteiger partial charge in [0, 0.05) is 29.4 Å². The minimum atomic E-state index is -0.0361. The van der Waals surface area contributed by atoms with Crippen LogP contribution in [0.15, 0.2) is 47.4 Å². The fraction of sp³-hybridized carbons (Fsp3) is 0.389. The third kappa shape index (κ3) is 3.60. The fourth-order valence-corrected chi connectivity index (χ4v) is 3.54. The Kier molecular flexibility index (Phi) is 4.65. The van der Waals surface area contributed by atoms with Crippen molar-refractivity contribution in [2.45, 2.75) is 44.2 Å². The molecule has 3 rings (SSSR count). The number of rotatable bonds is 4. The third-order valence-corrected chi connectivity index (χ3v) is 4.78. The molecule has 0 bridgehead atoms. The molecule has 1 aliphatic rings. The molecule has 3 nitrogen and oxygen atoms in total. The summed E-state index contributed by atoms with van der Waals surface area (Å²) in [7, 11) is 0. The highest BCUT2D eigenvalue weighted by atomic mass is 35.5. The number of aromatic nitrogens is 1. The van der Waals surface area contributed by atoms with E-state index in [-0.39, 0.29) is 11.6 Å². The Hall–Kier alpha value is -1.58. The van der Waals surface area contributed by atoms with Gasteiger partial charge >= 0.3 is 0 Å². The van der Waals surface area contributed by atoms with Gasteiger partial charge in [0.05, 0.1) is 0 Å². The predicted molar refractivity (Wildman–Crippen MR) is 90.4 cm³/mol. The molecule has 1 aromatic heterocycles. The topological polar surface area (TPSA) is 44.9 Å². The van der Waals surface area contributed by atoms with Crippen LogP contribution in [0, 0.1) is 0 Å². The van der Waals surface area contributed by atoms with E-state index in [2.05, 4.69) is 23.3 Å². The Balaban J connectivity index is 1.61. The van der Waals surface area contributed by atoms with Crippen LogP contribution in [0.4, 0.5) is 0 Å². The minimum Gasteiger partial charge on any atom is -0.329 e. The van der Waals surface area contributed by atoms with E-state index in [1.54, 1.807) is 6.07 Å². The second-order valence-corrected chi connectivity index (χ2v) is 6.57. The molecule has 0 spiro atoms. The molecular formula is C18H21ClN2O. The van der Waals surface area contributed by atoms with E-state index in [9.17, 15) is 4.79 Å². The number of aromatic amines is 1. The first-order valence-electron chi connectivity index (χ1n) is 7.82. The highest BCUT2D eigenvalue weighted by Gasteiger charge is 2.27. The number of benzene rings is 1. The molecule has 1 aromatic carbocycles. The van der Waals surface area contributed by atoms with Gasteiger partial charge in [-0.2, -0.15) is 0 Å². The lowest BCUT2D eigenvalue weighted by Gasteiger charge is -2.20. The van der Waals surface area contributed by atoms with Crippen molar-refractivity contribution in [3.8, 4) is 0 Å². The van der Waals surface area contributed by atoms with Crippen LogP contribution < -0.4 is 10.9 Å². The Morgan fingerprint density at radius 1 is 1.27 bits per heavy atom. The lowest BCUT2D eigenvalue weighted by Crippen LogP contribution is -2.29. The first-order valence-corrected chi connectivity index (χ1v) is 8.20. The molecule has 2 N–H and O–H groups in total. The summed E-state index contributed by atoms with van der Waals surface area (Å²) in [5.74, 6) is 0.529. The number of nitrogens with one attached hydrogen (secondary N) is 2. The van der Waals surface area contributed by atoms with Crippen LogP contribution in [-0.2, 0) is 0 Å². The van der Waals surface area contributed by atoms with Crippen molar-refractivity contribution in [3.63, 3.8) is 0 Å². The van der Waals surface area contributed by atoms with Crippen molar-refractivity contribution < 1.29 is 0 Å². The molecule has 1 unspecified atom stereocenters. The normalized spacial score (nSPS) is 22.6. The van der Waals surface area contributed by atoms with Gasteiger partial charge in [-0.05, 0) is 55.4 Å². The first kappa shape index (κ1) is 15.3. The van der Waals surface area contributed by atoms with Crippen LogP contribution in [-0.4, -0.2) is 11.0 Å². The average molecular weight is 317 g/mol. The van der Waals surface area contributed by atoms with Crippen LogP contribution in [0.25, 0.3) is 0 Å². The van der Waals surface area contributed by atoms with Gasteiger partial charge in [0.2, 0.25) is 5.56 Å². The molecule has 3 atom stereocenters.